The fourth-order valence-corrected chi connectivity index (χ4v) is 2.68. The van der Waals surface area contributed by atoms with Crippen molar-refractivity contribution in [2.75, 3.05) is 0 Å². The molecule has 30 heavy (non-hydrogen) atoms. The molecule has 158 valence electrons. The van der Waals surface area contributed by atoms with Crippen LogP contribution in [0.25, 0.3) is 11.1 Å². The Kier molecular flexibility index (Phi) is 5.90. The molecule has 8 nitrogen and oxygen atoms in total. The maximum atomic E-state index is 14.6. The van der Waals surface area contributed by atoms with Gasteiger partial charge in [0.2, 0.25) is 0 Å². The SMILES string of the molecule is CC(F)(F)c1cc(-c2cnn(Cc3cc[nH]n3)c2)cc(OC(=O)CCC(=O)O)c1F. The smallest absolute Gasteiger partial charge is 0.311 e. The molecule has 0 aliphatic heterocycles. The van der Waals surface area contributed by atoms with Crippen LogP contribution in [0.3, 0.4) is 0 Å². The van der Waals surface area contributed by atoms with Gasteiger partial charge in [-0.05, 0) is 23.8 Å². The van der Waals surface area contributed by atoms with E-state index in [0.29, 0.717) is 24.7 Å². The molecule has 3 aromatic rings. The third-order valence-electron chi connectivity index (χ3n) is 4.13. The van der Waals surface area contributed by atoms with E-state index in [1.54, 1.807) is 18.5 Å². The molecule has 0 aliphatic carbocycles. The third kappa shape index (κ3) is 5.04. The van der Waals surface area contributed by atoms with Crippen molar-refractivity contribution in [1.82, 2.24) is 20.0 Å². The number of benzene rings is 1. The maximum absolute atomic E-state index is 14.6. The summed E-state index contributed by atoms with van der Waals surface area (Å²) in [5.41, 5.74) is 0.278. The van der Waals surface area contributed by atoms with Gasteiger partial charge in [0.15, 0.2) is 11.6 Å². The average molecular weight is 422 g/mol. The Balaban J connectivity index is 1.93. The molecule has 0 fully saturated rings. The fourth-order valence-electron chi connectivity index (χ4n) is 2.68. The van der Waals surface area contributed by atoms with Crippen molar-refractivity contribution in [3.05, 3.63) is 53.9 Å². The zero-order valence-corrected chi connectivity index (χ0v) is 15.7. The van der Waals surface area contributed by atoms with Crippen molar-refractivity contribution in [2.45, 2.75) is 32.2 Å². The van der Waals surface area contributed by atoms with Crippen molar-refractivity contribution >= 4 is 11.9 Å². The minimum atomic E-state index is -3.55. The zero-order valence-electron chi connectivity index (χ0n) is 15.7. The first-order valence-electron chi connectivity index (χ1n) is 8.79. The van der Waals surface area contributed by atoms with Gasteiger partial charge in [0.05, 0.1) is 36.8 Å². The van der Waals surface area contributed by atoms with Crippen molar-refractivity contribution in [3.63, 3.8) is 0 Å². The Morgan fingerprint density at radius 1 is 1.27 bits per heavy atom. The van der Waals surface area contributed by atoms with E-state index in [0.717, 1.165) is 12.1 Å². The van der Waals surface area contributed by atoms with Crippen LogP contribution in [0.15, 0.2) is 36.8 Å². The number of carboxylic acids is 1. The van der Waals surface area contributed by atoms with Crippen LogP contribution in [0.5, 0.6) is 5.75 Å². The molecule has 0 saturated carbocycles. The molecule has 2 heterocycles. The summed E-state index contributed by atoms with van der Waals surface area (Å²) >= 11 is 0. The first kappa shape index (κ1) is 21.1. The van der Waals surface area contributed by atoms with Crippen LogP contribution in [0.1, 0.15) is 31.0 Å². The number of carboxylic acid groups (broad SMARTS) is 1. The van der Waals surface area contributed by atoms with Gasteiger partial charge in [-0.2, -0.15) is 10.2 Å². The highest BCUT2D eigenvalue weighted by molar-refractivity contribution is 5.78. The number of aromatic amines is 1. The molecule has 2 N–H and O–H groups in total. The lowest BCUT2D eigenvalue weighted by Gasteiger charge is -2.16. The monoisotopic (exact) mass is 422 g/mol. The number of aromatic nitrogens is 4. The average Bonchev–Trinajstić information content (AvgIpc) is 3.33. The molecule has 0 aliphatic rings. The molecule has 11 heteroatoms. The first-order chi connectivity index (χ1) is 14.1. The molecule has 0 spiro atoms. The van der Waals surface area contributed by atoms with E-state index in [-0.39, 0.29) is 5.56 Å². The molecule has 1 aromatic carbocycles. The number of rotatable bonds is 8. The van der Waals surface area contributed by atoms with Gasteiger partial charge in [-0.1, -0.05) is 0 Å². The van der Waals surface area contributed by atoms with E-state index >= 15 is 0 Å². The summed E-state index contributed by atoms with van der Waals surface area (Å²) in [6, 6.07) is 3.79. The fraction of sp³-hybridized carbons (Fsp3) is 0.263. The van der Waals surface area contributed by atoms with Gasteiger partial charge in [-0.3, -0.25) is 19.4 Å². The van der Waals surface area contributed by atoms with Crippen LogP contribution in [-0.2, 0) is 22.1 Å². The summed E-state index contributed by atoms with van der Waals surface area (Å²) in [6.07, 6.45) is 3.53. The van der Waals surface area contributed by atoms with Crippen LogP contribution in [0, 0.1) is 5.82 Å². The van der Waals surface area contributed by atoms with Crippen LogP contribution in [0.4, 0.5) is 13.2 Å². The van der Waals surface area contributed by atoms with Crippen molar-refractivity contribution < 1.29 is 32.6 Å². The Bertz CT molecular complexity index is 1060. The number of aliphatic carboxylic acids is 1. The zero-order chi connectivity index (χ0) is 21.9. The minimum absolute atomic E-state index is 0.155. The van der Waals surface area contributed by atoms with Crippen LogP contribution in [-0.4, -0.2) is 37.0 Å². The van der Waals surface area contributed by atoms with E-state index < -0.39 is 47.8 Å². The second kappa shape index (κ2) is 8.39. The molecular formula is C19H17F3N4O4. The van der Waals surface area contributed by atoms with E-state index in [2.05, 4.69) is 15.3 Å². The summed E-state index contributed by atoms with van der Waals surface area (Å²) in [4.78, 5) is 22.4. The summed E-state index contributed by atoms with van der Waals surface area (Å²) in [7, 11) is 0. The van der Waals surface area contributed by atoms with Gasteiger partial charge in [-0.25, -0.2) is 13.2 Å². The van der Waals surface area contributed by atoms with Gasteiger partial charge in [0.25, 0.3) is 5.92 Å². The Labute approximate surface area is 168 Å². The Hall–Kier alpha value is -3.63. The second-order valence-electron chi connectivity index (χ2n) is 6.58. The lowest BCUT2D eigenvalue weighted by molar-refractivity contribution is -0.142. The predicted molar refractivity (Wildman–Crippen MR) is 97.4 cm³/mol. The summed E-state index contributed by atoms with van der Waals surface area (Å²) < 4.78 is 48.8. The number of esters is 1. The number of nitrogens with zero attached hydrogens (tertiary/aromatic N) is 3. The number of alkyl halides is 2. The maximum Gasteiger partial charge on any atom is 0.311 e. The molecular weight excluding hydrogens is 405 g/mol. The highest BCUT2D eigenvalue weighted by Crippen LogP contribution is 2.37. The molecule has 0 radical (unpaired) electrons. The summed E-state index contributed by atoms with van der Waals surface area (Å²) in [5.74, 6) is -7.94. The quantitative estimate of drug-likeness (QED) is 0.426. The van der Waals surface area contributed by atoms with Gasteiger partial charge >= 0.3 is 11.9 Å². The minimum Gasteiger partial charge on any atom is -0.481 e. The highest BCUT2D eigenvalue weighted by Gasteiger charge is 2.32. The number of carbonyl (C=O) groups excluding carboxylic acids is 1. The van der Waals surface area contributed by atoms with Crippen molar-refractivity contribution in [3.8, 4) is 16.9 Å². The van der Waals surface area contributed by atoms with Crippen molar-refractivity contribution in [1.29, 1.82) is 0 Å². The van der Waals surface area contributed by atoms with Crippen LogP contribution < -0.4 is 4.74 Å². The number of ether oxygens (including phenoxy) is 1. The Morgan fingerprint density at radius 3 is 2.67 bits per heavy atom. The molecule has 0 bridgehead atoms. The molecule has 0 amide bonds. The van der Waals surface area contributed by atoms with E-state index in [4.69, 9.17) is 9.84 Å². The molecule has 0 atom stereocenters. The lowest BCUT2D eigenvalue weighted by atomic mass is 10.0. The number of halogens is 3. The van der Waals surface area contributed by atoms with E-state index in [1.165, 1.54) is 10.9 Å². The van der Waals surface area contributed by atoms with Gasteiger partial charge in [0, 0.05) is 24.9 Å². The first-order valence-corrected chi connectivity index (χ1v) is 8.79. The molecule has 0 unspecified atom stereocenters. The van der Waals surface area contributed by atoms with E-state index in [1.807, 2.05) is 0 Å². The standard InChI is InChI=1S/C19H17F3N4O4/c1-19(21,22)14-6-11(7-15(18(14)20)30-17(29)3-2-16(27)28)12-8-24-26(9-12)10-13-4-5-23-25-13/h4-9H,2-3,10H2,1H3,(H,23,25)(H,27,28). The summed E-state index contributed by atoms with van der Waals surface area (Å²) in [6.45, 7) is 0.838. The number of carbonyl (C=O) groups is 2. The number of hydrogen-bond donors (Lipinski definition) is 2. The molecule has 3 rings (SSSR count). The number of nitrogens with one attached hydrogen (secondary N) is 1. The number of H-pyrrole nitrogens is 1. The van der Waals surface area contributed by atoms with Crippen LogP contribution >= 0.6 is 0 Å². The highest BCUT2D eigenvalue weighted by atomic mass is 19.3. The second-order valence-corrected chi connectivity index (χ2v) is 6.58. The van der Waals surface area contributed by atoms with Gasteiger partial charge in [0.1, 0.15) is 0 Å². The van der Waals surface area contributed by atoms with Gasteiger partial charge < -0.3 is 9.84 Å². The lowest BCUT2D eigenvalue weighted by Crippen LogP contribution is -2.15. The van der Waals surface area contributed by atoms with Crippen molar-refractivity contribution in [2.24, 2.45) is 0 Å². The third-order valence-corrected chi connectivity index (χ3v) is 4.13. The number of hydrogen-bond acceptors (Lipinski definition) is 5. The Morgan fingerprint density at radius 2 is 2.03 bits per heavy atom. The van der Waals surface area contributed by atoms with Gasteiger partial charge in [-0.15, -0.1) is 0 Å². The largest absolute Gasteiger partial charge is 0.481 e. The predicted octanol–water partition coefficient (Wildman–Crippen LogP) is 3.34. The van der Waals surface area contributed by atoms with Crippen LogP contribution in [0.2, 0.25) is 0 Å². The molecule has 2 aromatic heterocycles. The normalized spacial score (nSPS) is 11.5. The topological polar surface area (TPSA) is 110 Å². The molecule has 0 saturated heterocycles. The summed E-state index contributed by atoms with van der Waals surface area (Å²) in [5, 5.41) is 19.4. The van der Waals surface area contributed by atoms with E-state index in [9.17, 15) is 22.8 Å².